The van der Waals surface area contributed by atoms with E-state index in [4.69, 9.17) is 0 Å². The largest absolute Gasteiger partial charge is 0.345 e. The van der Waals surface area contributed by atoms with Crippen molar-refractivity contribution in [3.63, 3.8) is 0 Å². The molecule has 0 atom stereocenters. The molecule has 17 heavy (non-hydrogen) atoms. The fourth-order valence-electron chi connectivity index (χ4n) is 1.59. The van der Waals surface area contributed by atoms with Gasteiger partial charge in [0.25, 0.3) is 5.91 Å². The summed E-state index contributed by atoms with van der Waals surface area (Å²) in [4.78, 5) is 17.8. The van der Waals surface area contributed by atoms with E-state index in [-0.39, 0.29) is 5.91 Å². The summed E-state index contributed by atoms with van der Waals surface area (Å²) in [6.07, 6.45) is 7.09. The molecule has 0 bridgehead atoms. The number of likely N-dealkylation sites (N-methyl/N-ethyl adjacent to an activating group) is 1. The Morgan fingerprint density at radius 3 is 2.53 bits per heavy atom. The summed E-state index contributed by atoms with van der Waals surface area (Å²) in [6, 6.07) is 0. The molecule has 0 aromatic heterocycles. The predicted octanol–water partition coefficient (Wildman–Crippen LogP) is 2.49. The van der Waals surface area contributed by atoms with E-state index < -0.39 is 0 Å². The Kier molecular flexibility index (Phi) is 4.21. The first-order valence-corrected chi connectivity index (χ1v) is 5.46. The van der Waals surface area contributed by atoms with E-state index in [9.17, 15) is 4.79 Å². The Hall–Kier alpha value is -1.90. The first-order chi connectivity index (χ1) is 7.99. The lowest BCUT2D eigenvalue weighted by atomic mass is 9.93. The SMILES string of the molecule is C=CN=C1C(C(=O)N(C)C)=CC=CC1=C(C)C. The first-order valence-electron chi connectivity index (χ1n) is 5.46. The maximum Gasteiger partial charge on any atom is 0.255 e. The third kappa shape index (κ3) is 2.81. The number of hydrogen-bond acceptors (Lipinski definition) is 2. The van der Waals surface area contributed by atoms with Gasteiger partial charge in [-0.3, -0.25) is 9.79 Å². The van der Waals surface area contributed by atoms with Crippen molar-refractivity contribution in [2.75, 3.05) is 14.1 Å². The summed E-state index contributed by atoms with van der Waals surface area (Å²) in [6.45, 7) is 7.60. The number of nitrogens with zero attached hydrogens (tertiary/aromatic N) is 2. The highest BCUT2D eigenvalue weighted by atomic mass is 16.2. The molecule has 3 heteroatoms. The van der Waals surface area contributed by atoms with E-state index in [0.29, 0.717) is 11.3 Å². The third-order valence-electron chi connectivity index (χ3n) is 2.43. The van der Waals surface area contributed by atoms with Gasteiger partial charge in [0.15, 0.2) is 0 Å². The van der Waals surface area contributed by atoms with E-state index >= 15 is 0 Å². The maximum atomic E-state index is 12.0. The molecule has 0 saturated heterocycles. The van der Waals surface area contributed by atoms with Gasteiger partial charge in [0, 0.05) is 20.3 Å². The zero-order valence-electron chi connectivity index (χ0n) is 10.8. The maximum absolute atomic E-state index is 12.0. The molecular formula is C14H18N2O. The molecule has 0 spiro atoms. The molecule has 0 heterocycles. The lowest BCUT2D eigenvalue weighted by molar-refractivity contribution is -0.124. The zero-order chi connectivity index (χ0) is 13.0. The zero-order valence-corrected chi connectivity index (χ0v) is 10.8. The predicted molar refractivity (Wildman–Crippen MR) is 71.9 cm³/mol. The summed E-state index contributed by atoms with van der Waals surface area (Å²) in [7, 11) is 3.46. The molecule has 0 aromatic rings. The average Bonchev–Trinajstić information content (AvgIpc) is 2.28. The fourth-order valence-corrected chi connectivity index (χ4v) is 1.59. The molecule has 0 fully saturated rings. The molecule has 1 amide bonds. The summed E-state index contributed by atoms with van der Waals surface area (Å²) in [5, 5.41) is 0. The van der Waals surface area contributed by atoms with E-state index in [0.717, 1.165) is 11.1 Å². The molecule has 0 saturated carbocycles. The summed E-state index contributed by atoms with van der Waals surface area (Å²) in [5.74, 6) is -0.0475. The monoisotopic (exact) mass is 230 g/mol. The molecule has 3 nitrogen and oxygen atoms in total. The van der Waals surface area contributed by atoms with E-state index in [1.54, 1.807) is 25.1 Å². The highest BCUT2D eigenvalue weighted by Crippen LogP contribution is 2.20. The number of allylic oxidation sites excluding steroid dienone is 5. The quantitative estimate of drug-likeness (QED) is 0.717. The van der Waals surface area contributed by atoms with Crippen LogP contribution in [0.1, 0.15) is 13.8 Å². The van der Waals surface area contributed by atoms with Gasteiger partial charge in [0.05, 0.1) is 11.3 Å². The average molecular weight is 230 g/mol. The highest BCUT2D eigenvalue weighted by Gasteiger charge is 2.21. The second-order valence-corrected chi connectivity index (χ2v) is 4.21. The number of rotatable bonds is 2. The first kappa shape index (κ1) is 13.2. The van der Waals surface area contributed by atoms with Crippen LogP contribution in [0.2, 0.25) is 0 Å². The van der Waals surface area contributed by atoms with Crippen LogP contribution in [0, 0.1) is 0 Å². The Balaban J connectivity index is 3.31. The van der Waals surface area contributed by atoms with Gasteiger partial charge in [-0.15, -0.1) is 0 Å². The van der Waals surface area contributed by atoms with E-state index in [1.807, 2.05) is 26.0 Å². The minimum atomic E-state index is -0.0475. The second kappa shape index (κ2) is 5.43. The van der Waals surface area contributed by atoms with Crippen LogP contribution in [-0.4, -0.2) is 30.6 Å². The van der Waals surface area contributed by atoms with Gasteiger partial charge in [-0.1, -0.05) is 24.3 Å². The van der Waals surface area contributed by atoms with Crippen LogP contribution in [0.3, 0.4) is 0 Å². The minimum Gasteiger partial charge on any atom is -0.345 e. The van der Waals surface area contributed by atoms with Gasteiger partial charge in [-0.2, -0.15) is 0 Å². The molecule has 0 N–H and O–H groups in total. The van der Waals surface area contributed by atoms with Crippen LogP contribution in [-0.2, 0) is 4.79 Å². The van der Waals surface area contributed by atoms with Crippen LogP contribution in [0.15, 0.2) is 52.7 Å². The number of hydrogen-bond donors (Lipinski definition) is 0. The molecule has 0 aromatic carbocycles. The van der Waals surface area contributed by atoms with Crippen molar-refractivity contribution in [1.82, 2.24) is 4.90 Å². The van der Waals surface area contributed by atoms with Gasteiger partial charge in [0.1, 0.15) is 0 Å². The molecule has 1 rings (SSSR count). The van der Waals surface area contributed by atoms with Crippen LogP contribution < -0.4 is 0 Å². The topological polar surface area (TPSA) is 32.7 Å². The molecule has 0 radical (unpaired) electrons. The number of carbonyl (C=O) groups is 1. The molecule has 0 aliphatic heterocycles. The number of amides is 1. The Morgan fingerprint density at radius 2 is 2.06 bits per heavy atom. The minimum absolute atomic E-state index is 0.0475. The van der Waals surface area contributed by atoms with Gasteiger partial charge in [-0.25, -0.2) is 0 Å². The third-order valence-corrected chi connectivity index (χ3v) is 2.43. The van der Waals surface area contributed by atoms with Crippen molar-refractivity contribution in [1.29, 1.82) is 0 Å². The van der Waals surface area contributed by atoms with Crippen LogP contribution in [0.5, 0.6) is 0 Å². The molecule has 1 aliphatic carbocycles. The summed E-state index contributed by atoms with van der Waals surface area (Å²) < 4.78 is 0. The van der Waals surface area contributed by atoms with Crippen molar-refractivity contribution in [3.05, 3.63) is 47.7 Å². The smallest absolute Gasteiger partial charge is 0.255 e. The number of aliphatic imine (C=N–C) groups is 1. The molecule has 0 unspecified atom stereocenters. The van der Waals surface area contributed by atoms with Crippen LogP contribution in [0.4, 0.5) is 0 Å². The normalized spacial score (nSPS) is 16.8. The van der Waals surface area contributed by atoms with Gasteiger partial charge in [-0.05, 0) is 25.5 Å². The van der Waals surface area contributed by atoms with Crippen molar-refractivity contribution in [2.45, 2.75) is 13.8 Å². The van der Waals surface area contributed by atoms with Gasteiger partial charge < -0.3 is 4.90 Å². The Morgan fingerprint density at radius 1 is 1.41 bits per heavy atom. The Labute approximate surface area is 103 Å². The summed E-state index contributed by atoms with van der Waals surface area (Å²) in [5.41, 5.74) is 3.41. The Bertz CT molecular complexity index is 459. The second-order valence-electron chi connectivity index (χ2n) is 4.21. The molecule has 1 aliphatic rings. The standard InChI is InChI=1S/C14H18N2O/c1-6-15-13-11(10(2)3)8-7-9-12(13)14(17)16(4)5/h6-9H,1H2,2-5H3. The lowest BCUT2D eigenvalue weighted by Gasteiger charge is -2.18. The number of carbonyl (C=O) groups excluding carboxylic acids is 1. The molecular weight excluding hydrogens is 212 g/mol. The van der Waals surface area contributed by atoms with E-state index in [1.165, 1.54) is 6.20 Å². The van der Waals surface area contributed by atoms with Crippen molar-refractivity contribution < 1.29 is 4.79 Å². The van der Waals surface area contributed by atoms with Crippen LogP contribution >= 0.6 is 0 Å². The lowest BCUT2D eigenvalue weighted by Crippen LogP contribution is -2.28. The van der Waals surface area contributed by atoms with Crippen molar-refractivity contribution >= 4 is 11.6 Å². The van der Waals surface area contributed by atoms with Crippen LogP contribution in [0.25, 0.3) is 0 Å². The fraction of sp³-hybridized carbons (Fsp3) is 0.286. The van der Waals surface area contributed by atoms with Gasteiger partial charge in [0.2, 0.25) is 0 Å². The molecule has 90 valence electrons. The van der Waals surface area contributed by atoms with Gasteiger partial charge >= 0.3 is 0 Å². The van der Waals surface area contributed by atoms with E-state index in [2.05, 4.69) is 11.6 Å². The van der Waals surface area contributed by atoms with Crippen molar-refractivity contribution in [2.24, 2.45) is 4.99 Å². The van der Waals surface area contributed by atoms with Crippen molar-refractivity contribution in [3.8, 4) is 0 Å². The summed E-state index contributed by atoms with van der Waals surface area (Å²) >= 11 is 0. The highest BCUT2D eigenvalue weighted by molar-refractivity contribution is 6.30.